The maximum absolute atomic E-state index is 13.4. The first kappa shape index (κ1) is 13.8. The molecule has 3 rings (SSSR count). The molecule has 0 radical (unpaired) electrons. The number of benzene rings is 2. The molecular formula is C18H19FN2. The van der Waals surface area contributed by atoms with Crippen LogP contribution in [0.1, 0.15) is 11.3 Å². The van der Waals surface area contributed by atoms with E-state index >= 15 is 0 Å². The van der Waals surface area contributed by atoms with Crippen molar-refractivity contribution in [2.24, 2.45) is 0 Å². The van der Waals surface area contributed by atoms with Crippen LogP contribution in [0.5, 0.6) is 0 Å². The van der Waals surface area contributed by atoms with Gasteiger partial charge in [-0.25, -0.2) is 4.39 Å². The lowest BCUT2D eigenvalue weighted by Gasteiger charge is -2.14. The van der Waals surface area contributed by atoms with E-state index in [0.29, 0.717) is 0 Å². The molecule has 0 amide bonds. The van der Waals surface area contributed by atoms with Gasteiger partial charge >= 0.3 is 0 Å². The van der Waals surface area contributed by atoms with Crippen molar-refractivity contribution in [3.05, 3.63) is 59.5 Å². The van der Waals surface area contributed by atoms with Crippen LogP contribution >= 0.6 is 0 Å². The fourth-order valence-corrected chi connectivity index (χ4v) is 2.89. The quantitative estimate of drug-likeness (QED) is 0.757. The Bertz CT molecular complexity index is 787. The van der Waals surface area contributed by atoms with Gasteiger partial charge in [0.25, 0.3) is 0 Å². The van der Waals surface area contributed by atoms with Crippen LogP contribution < -0.4 is 0 Å². The Morgan fingerprint density at radius 2 is 1.86 bits per heavy atom. The summed E-state index contributed by atoms with van der Waals surface area (Å²) in [4.78, 5) is 5.45. The standard InChI is InChI=1S/C18H19FN2/c1-12-18(16-9-8-14(19)10-17(16)20-12)15-7-5-4-6-13(15)11-21(2)3/h4-10,20H,11H2,1-3H3. The third-order valence-corrected chi connectivity index (χ3v) is 3.72. The zero-order chi connectivity index (χ0) is 15.0. The van der Waals surface area contributed by atoms with Crippen LogP contribution in [0, 0.1) is 12.7 Å². The highest BCUT2D eigenvalue weighted by Gasteiger charge is 2.14. The lowest BCUT2D eigenvalue weighted by atomic mass is 9.97. The minimum atomic E-state index is -0.211. The molecule has 0 unspecified atom stereocenters. The predicted octanol–water partition coefficient (Wildman–Crippen LogP) is 4.34. The van der Waals surface area contributed by atoms with Gasteiger partial charge in [0.1, 0.15) is 5.82 Å². The smallest absolute Gasteiger partial charge is 0.125 e. The zero-order valence-corrected chi connectivity index (χ0v) is 12.6. The highest BCUT2D eigenvalue weighted by atomic mass is 19.1. The Balaban J connectivity index is 2.23. The second-order valence-electron chi connectivity index (χ2n) is 5.71. The summed E-state index contributed by atoms with van der Waals surface area (Å²) in [6.45, 7) is 2.92. The number of aryl methyl sites for hydroxylation is 1. The highest BCUT2D eigenvalue weighted by Crippen LogP contribution is 2.34. The van der Waals surface area contributed by atoms with Crippen molar-refractivity contribution in [2.75, 3.05) is 14.1 Å². The van der Waals surface area contributed by atoms with E-state index in [1.54, 1.807) is 6.07 Å². The molecule has 3 heteroatoms. The van der Waals surface area contributed by atoms with E-state index in [1.165, 1.54) is 22.8 Å². The molecule has 2 aromatic carbocycles. The summed E-state index contributed by atoms with van der Waals surface area (Å²) in [5.74, 6) is -0.211. The van der Waals surface area contributed by atoms with E-state index < -0.39 is 0 Å². The van der Waals surface area contributed by atoms with Crippen LogP contribution in [0.4, 0.5) is 4.39 Å². The molecule has 0 aliphatic heterocycles. The maximum Gasteiger partial charge on any atom is 0.125 e. The Kier molecular flexibility index (Phi) is 3.52. The summed E-state index contributed by atoms with van der Waals surface area (Å²) in [7, 11) is 4.13. The molecule has 108 valence electrons. The molecule has 2 nitrogen and oxygen atoms in total. The van der Waals surface area contributed by atoms with Crippen LogP contribution in [-0.2, 0) is 6.54 Å². The summed E-state index contributed by atoms with van der Waals surface area (Å²) in [6.07, 6.45) is 0. The molecule has 1 aromatic heterocycles. The van der Waals surface area contributed by atoms with Crippen LogP contribution in [0.2, 0.25) is 0 Å². The van der Waals surface area contributed by atoms with Crippen LogP contribution in [-0.4, -0.2) is 24.0 Å². The number of H-pyrrole nitrogens is 1. The normalized spacial score (nSPS) is 11.5. The Morgan fingerprint density at radius 3 is 2.62 bits per heavy atom. The first-order valence-electron chi connectivity index (χ1n) is 7.07. The fraction of sp³-hybridized carbons (Fsp3) is 0.222. The minimum absolute atomic E-state index is 0.211. The van der Waals surface area contributed by atoms with Crippen LogP contribution in [0.15, 0.2) is 42.5 Å². The second kappa shape index (κ2) is 5.34. The number of nitrogens with one attached hydrogen (secondary N) is 1. The monoisotopic (exact) mass is 282 g/mol. The van der Waals surface area contributed by atoms with Crippen molar-refractivity contribution >= 4 is 10.9 Å². The van der Waals surface area contributed by atoms with Crippen molar-refractivity contribution in [2.45, 2.75) is 13.5 Å². The number of rotatable bonds is 3. The summed E-state index contributed by atoms with van der Waals surface area (Å²) in [5.41, 5.74) is 5.57. The molecule has 21 heavy (non-hydrogen) atoms. The van der Waals surface area contributed by atoms with Crippen molar-refractivity contribution in [1.29, 1.82) is 0 Å². The van der Waals surface area contributed by atoms with Crippen molar-refractivity contribution in [1.82, 2.24) is 9.88 Å². The third kappa shape index (κ3) is 2.57. The number of nitrogens with zero attached hydrogens (tertiary/aromatic N) is 1. The summed E-state index contributed by atoms with van der Waals surface area (Å²) in [5, 5.41) is 1.07. The van der Waals surface area contributed by atoms with Gasteiger partial charge in [-0.05, 0) is 50.3 Å². The topological polar surface area (TPSA) is 19.0 Å². The molecule has 1 heterocycles. The van der Waals surface area contributed by atoms with E-state index in [9.17, 15) is 4.39 Å². The van der Waals surface area contributed by atoms with Crippen molar-refractivity contribution in [3.8, 4) is 11.1 Å². The van der Waals surface area contributed by atoms with Crippen molar-refractivity contribution in [3.63, 3.8) is 0 Å². The molecule has 0 fully saturated rings. The summed E-state index contributed by atoms with van der Waals surface area (Å²) < 4.78 is 13.4. The first-order chi connectivity index (χ1) is 10.1. The van der Waals surface area contributed by atoms with Gasteiger partial charge in [-0.15, -0.1) is 0 Å². The molecule has 0 atom stereocenters. The minimum Gasteiger partial charge on any atom is -0.358 e. The molecule has 0 aliphatic carbocycles. The van der Waals surface area contributed by atoms with Gasteiger partial charge in [-0.3, -0.25) is 0 Å². The third-order valence-electron chi connectivity index (χ3n) is 3.72. The van der Waals surface area contributed by atoms with E-state index in [2.05, 4.69) is 48.2 Å². The Labute approximate surface area is 124 Å². The van der Waals surface area contributed by atoms with Gasteiger partial charge < -0.3 is 9.88 Å². The Hall–Kier alpha value is -2.13. The zero-order valence-electron chi connectivity index (χ0n) is 12.6. The van der Waals surface area contributed by atoms with Crippen LogP contribution in [0.25, 0.3) is 22.0 Å². The number of aromatic amines is 1. The van der Waals surface area contributed by atoms with E-state index in [1.807, 2.05) is 13.0 Å². The molecule has 0 saturated heterocycles. The van der Waals surface area contributed by atoms with Crippen molar-refractivity contribution < 1.29 is 4.39 Å². The SMILES string of the molecule is Cc1[nH]c2cc(F)ccc2c1-c1ccccc1CN(C)C. The summed E-state index contributed by atoms with van der Waals surface area (Å²) in [6, 6.07) is 13.3. The van der Waals surface area contributed by atoms with E-state index in [4.69, 9.17) is 0 Å². The predicted molar refractivity (Wildman–Crippen MR) is 85.8 cm³/mol. The van der Waals surface area contributed by atoms with Gasteiger partial charge in [-0.1, -0.05) is 24.3 Å². The van der Waals surface area contributed by atoms with Crippen LogP contribution in [0.3, 0.4) is 0 Å². The maximum atomic E-state index is 13.4. The molecular weight excluding hydrogens is 263 g/mol. The average Bonchev–Trinajstić information content (AvgIpc) is 2.74. The number of hydrogen-bond acceptors (Lipinski definition) is 1. The Morgan fingerprint density at radius 1 is 1.10 bits per heavy atom. The van der Waals surface area contributed by atoms with Gasteiger partial charge in [0.2, 0.25) is 0 Å². The largest absolute Gasteiger partial charge is 0.358 e. The van der Waals surface area contributed by atoms with Gasteiger partial charge in [0.05, 0.1) is 0 Å². The molecule has 1 N–H and O–H groups in total. The number of fused-ring (bicyclic) bond motifs is 1. The highest BCUT2D eigenvalue weighted by molar-refractivity contribution is 5.98. The molecule has 0 aliphatic rings. The number of aromatic nitrogens is 1. The molecule has 0 spiro atoms. The number of hydrogen-bond donors (Lipinski definition) is 1. The first-order valence-corrected chi connectivity index (χ1v) is 7.07. The number of halogens is 1. The second-order valence-corrected chi connectivity index (χ2v) is 5.71. The van der Waals surface area contributed by atoms with E-state index in [0.717, 1.165) is 23.1 Å². The summed E-state index contributed by atoms with van der Waals surface area (Å²) >= 11 is 0. The molecule has 0 bridgehead atoms. The van der Waals surface area contributed by atoms with Gasteiger partial charge in [0.15, 0.2) is 0 Å². The van der Waals surface area contributed by atoms with E-state index in [-0.39, 0.29) is 5.82 Å². The fourth-order valence-electron chi connectivity index (χ4n) is 2.89. The lowest BCUT2D eigenvalue weighted by Crippen LogP contribution is -2.11. The molecule has 0 saturated carbocycles. The van der Waals surface area contributed by atoms with Gasteiger partial charge in [-0.2, -0.15) is 0 Å². The lowest BCUT2D eigenvalue weighted by molar-refractivity contribution is 0.403. The van der Waals surface area contributed by atoms with Gasteiger partial charge in [0, 0.05) is 28.7 Å². The molecule has 3 aromatic rings. The average molecular weight is 282 g/mol.